The highest BCUT2D eigenvalue weighted by atomic mass is 16.6. The van der Waals surface area contributed by atoms with Crippen LogP contribution in [0.1, 0.15) is 181 Å². The van der Waals surface area contributed by atoms with Crippen molar-refractivity contribution in [3.8, 4) is 0 Å². The van der Waals surface area contributed by atoms with Crippen LogP contribution in [-0.2, 0) is 28.6 Å². The van der Waals surface area contributed by atoms with Crippen LogP contribution >= 0.6 is 0 Å². The van der Waals surface area contributed by atoms with Crippen LogP contribution in [0.5, 0.6) is 0 Å². The van der Waals surface area contributed by atoms with E-state index in [0.717, 1.165) is 51.4 Å². The summed E-state index contributed by atoms with van der Waals surface area (Å²) in [4.78, 5) is 37.1. The molecule has 0 rings (SSSR count). The van der Waals surface area contributed by atoms with Crippen LogP contribution in [0.2, 0.25) is 0 Å². The summed E-state index contributed by atoms with van der Waals surface area (Å²) < 4.78 is 17.3. The Balaban J connectivity index is 4.39. The lowest BCUT2D eigenvalue weighted by Crippen LogP contribution is -2.50. The molecular formula is C53H90NO7+. The maximum Gasteiger partial charge on any atom is 0.362 e. The molecule has 0 aliphatic carbocycles. The monoisotopic (exact) mass is 853 g/mol. The minimum atomic E-state index is -0.884. The first kappa shape index (κ1) is 57.5. The van der Waals surface area contributed by atoms with Crippen LogP contribution in [0.3, 0.4) is 0 Å². The Kier molecular flexibility index (Phi) is 40.7. The van der Waals surface area contributed by atoms with Crippen molar-refractivity contribution >= 4 is 17.9 Å². The molecule has 61 heavy (non-hydrogen) atoms. The summed E-state index contributed by atoms with van der Waals surface area (Å²) in [6.07, 6.45) is 56.2. The highest BCUT2D eigenvalue weighted by Crippen LogP contribution is 2.16. The Morgan fingerprint density at radius 2 is 0.918 bits per heavy atom. The van der Waals surface area contributed by atoms with E-state index in [0.29, 0.717) is 19.3 Å². The summed E-state index contributed by atoms with van der Waals surface area (Å²) in [6.45, 7) is 4.55. The summed E-state index contributed by atoms with van der Waals surface area (Å²) in [5.41, 5.74) is 0. The third-order valence-electron chi connectivity index (χ3n) is 10.5. The molecule has 0 aliphatic heterocycles. The average Bonchev–Trinajstić information content (AvgIpc) is 3.22. The number of allylic oxidation sites excluding steroid dienone is 14. The molecule has 0 heterocycles. The molecule has 0 aromatic carbocycles. The van der Waals surface area contributed by atoms with Gasteiger partial charge in [-0.15, -0.1) is 0 Å². The Hall–Kier alpha value is -3.49. The number of carbonyl (C=O) groups excluding carboxylic acids is 2. The van der Waals surface area contributed by atoms with Gasteiger partial charge >= 0.3 is 17.9 Å². The van der Waals surface area contributed by atoms with Crippen molar-refractivity contribution in [2.24, 2.45) is 0 Å². The van der Waals surface area contributed by atoms with Crippen LogP contribution in [-0.4, -0.2) is 80.6 Å². The number of likely N-dealkylation sites (N-methyl/N-ethyl adjacent to an activating group) is 1. The zero-order valence-corrected chi connectivity index (χ0v) is 39.6. The van der Waals surface area contributed by atoms with Crippen molar-refractivity contribution in [3.05, 3.63) is 85.1 Å². The molecule has 348 valence electrons. The van der Waals surface area contributed by atoms with E-state index in [2.05, 4.69) is 26.0 Å². The molecule has 0 aromatic rings. The van der Waals surface area contributed by atoms with Crippen LogP contribution in [0.4, 0.5) is 0 Å². The molecule has 8 heteroatoms. The number of ether oxygens (including phenoxy) is 3. The first-order chi connectivity index (χ1) is 29.6. The van der Waals surface area contributed by atoms with Gasteiger partial charge in [-0.3, -0.25) is 9.59 Å². The van der Waals surface area contributed by atoms with Gasteiger partial charge in [0.2, 0.25) is 0 Å². The van der Waals surface area contributed by atoms with E-state index in [4.69, 9.17) is 14.2 Å². The number of carbonyl (C=O) groups is 3. The van der Waals surface area contributed by atoms with Gasteiger partial charge in [0.25, 0.3) is 0 Å². The number of esters is 2. The zero-order valence-electron chi connectivity index (χ0n) is 39.6. The quantitative estimate of drug-likeness (QED) is 0.0283. The molecule has 8 nitrogen and oxygen atoms in total. The predicted molar refractivity (Wildman–Crippen MR) is 256 cm³/mol. The van der Waals surface area contributed by atoms with E-state index >= 15 is 0 Å². The third kappa shape index (κ3) is 41.6. The number of aliphatic carboxylic acids is 1. The molecule has 0 fully saturated rings. The topological polar surface area (TPSA) is 99.1 Å². The number of hydrogen-bond donors (Lipinski definition) is 1. The van der Waals surface area contributed by atoms with Gasteiger partial charge in [0.05, 0.1) is 34.4 Å². The summed E-state index contributed by atoms with van der Waals surface area (Å²) in [6, 6.07) is -0.626. The van der Waals surface area contributed by atoms with Gasteiger partial charge in [0, 0.05) is 19.3 Å². The summed E-state index contributed by atoms with van der Waals surface area (Å²) in [5, 5.41) is 9.64. The van der Waals surface area contributed by atoms with Crippen molar-refractivity contribution in [1.82, 2.24) is 0 Å². The predicted octanol–water partition coefficient (Wildman–Crippen LogP) is 13.7. The first-order valence-corrected chi connectivity index (χ1v) is 24.2. The first-order valence-electron chi connectivity index (χ1n) is 24.2. The van der Waals surface area contributed by atoms with Gasteiger partial charge in [-0.1, -0.05) is 214 Å². The molecule has 2 unspecified atom stereocenters. The standard InChI is InChI=1S/C53H89NO7/c1-6-8-10-12-14-16-18-20-22-24-26-28-29-31-33-35-37-39-41-43-51(55)60-48-49(47-59-46-45-50(53(57)58)54(3,4)5)61-52(56)44-42-40-38-36-34-32-30-27-25-23-21-19-17-15-13-11-9-7-2/h8,10,12,14,16,18,20,22,24,26,28-29,31,33,49-50H,6-7,9,11,13,15,17,19,21,23,25,27,30,32,34-48H2,1-5H3/p+1/b10-8+,14-12+,18-16+,22-20+,26-24+,29-28+,33-31+. The average molecular weight is 853 g/mol. The molecule has 0 aliphatic rings. The fraction of sp³-hybridized carbons (Fsp3) is 0.679. The number of rotatable bonds is 42. The van der Waals surface area contributed by atoms with Crippen molar-refractivity contribution in [2.45, 2.75) is 193 Å². The SMILES string of the molecule is CC/C=C/C=C/C=C/C=C/C=C/C=C/C=C/CCCCCC(=O)OCC(COCCC(C(=O)O)[N+](C)(C)C)OC(=O)CCCCCCCCCCCCCCCCCCCC. The fourth-order valence-electron chi connectivity index (χ4n) is 6.78. The van der Waals surface area contributed by atoms with E-state index < -0.39 is 18.1 Å². The molecule has 2 atom stereocenters. The van der Waals surface area contributed by atoms with Crippen molar-refractivity contribution in [3.63, 3.8) is 0 Å². The normalized spacial score (nSPS) is 13.7. The molecule has 0 bridgehead atoms. The smallest absolute Gasteiger partial charge is 0.362 e. The lowest BCUT2D eigenvalue weighted by atomic mass is 10.0. The minimum Gasteiger partial charge on any atom is -0.477 e. The van der Waals surface area contributed by atoms with E-state index in [1.165, 1.54) is 96.3 Å². The van der Waals surface area contributed by atoms with Gasteiger partial charge in [0.1, 0.15) is 6.61 Å². The lowest BCUT2D eigenvalue weighted by Gasteiger charge is -2.31. The fourth-order valence-corrected chi connectivity index (χ4v) is 6.78. The van der Waals surface area contributed by atoms with Crippen LogP contribution in [0.25, 0.3) is 0 Å². The Bertz CT molecular complexity index is 1270. The number of quaternary nitrogens is 1. The lowest BCUT2D eigenvalue weighted by molar-refractivity contribution is -0.887. The second kappa shape index (κ2) is 43.2. The number of nitrogens with zero attached hydrogens (tertiary/aromatic N) is 1. The Labute approximate surface area is 373 Å². The molecule has 0 saturated carbocycles. The number of hydrogen-bond acceptors (Lipinski definition) is 6. The van der Waals surface area contributed by atoms with Gasteiger partial charge < -0.3 is 23.8 Å². The van der Waals surface area contributed by atoms with Gasteiger partial charge in [-0.05, 0) is 32.1 Å². The second-order valence-electron chi connectivity index (χ2n) is 17.2. The molecule has 0 radical (unpaired) electrons. The maximum atomic E-state index is 12.8. The molecule has 1 N–H and O–H groups in total. The minimum absolute atomic E-state index is 0.0431. The molecule has 0 amide bonds. The van der Waals surface area contributed by atoms with Crippen LogP contribution < -0.4 is 0 Å². The highest BCUT2D eigenvalue weighted by Gasteiger charge is 2.31. The van der Waals surface area contributed by atoms with Crippen LogP contribution in [0.15, 0.2) is 85.1 Å². The summed E-state index contributed by atoms with van der Waals surface area (Å²) in [7, 11) is 5.51. The van der Waals surface area contributed by atoms with E-state index in [9.17, 15) is 19.5 Å². The van der Waals surface area contributed by atoms with Gasteiger partial charge in [0.15, 0.2) is 12.1 Å². The maximum absolute atomic E-state index is 12.8. The largest absolute Gasteiger partial charge is 0.477 e. The second-order valence-corrected chi connectivity index (χ2v) is 17.2. The van der Waals surface area contributed by atoms with Crippen molar-refractivity contribution in [1.29, 1.82) is 0 Å². The van der Waals surface area contributed by atoms with E-state index in [1.54, 1.807) is 0 Å². The number of carboxylic acid groups (broad SMARTS) is 1. The summed E-state index contributed by atoms with van der Waals surface area (Å²) >= 11 is 0. The molecule has 0 aromatic heterocycles. The molecular weight excluding hydrogens is 763 g/mol. The van der Waals surface area contributed by atoms with Gasteiger partial charge in [-0.25, -0.2) is 4.79 Å². The van der Waals surface area contributed by atoms with Crippen molar-refractivity contribution < 1.29 is 38.2 Å². The zero-order chi connectivity index (χ0) is 44.9. The number of unbranched alkanes of at least 4 members (excludes halogenated alkanes) is 20. The summed E-state index contributed by atoms with van der Waals surface area (Å²) in [5.74, 6) is -1.53. The Morgan fingerprint density at radius 3 is 1.36 bits per heavy atom. The third-order valence-corrected chi connectivity index (χ3v) is 10.5. The molecule has 0 spiro atoms. The Morgan fingerprint density at radius 1 is 0.508 bits per heavy atom. The van der Waals surface area contributed by atoms with Gasteiger partial charge in [-0.2, -0.15) is 0 Å². The van der Waals surface area contributed by atoms with Crippen LogP contribution in [0, 0.1) is 0 Å². The van der Waals surface area contributed by atoms with E-state index in [-0.39, 0.29) is 36.2 Å². The van der Waals surface area contributed by atoms with Crippen molar-refractivity contribution in [2.75, 3.05) is 41.0 Å². The number of carboxylic acids is 1. The highest BCUT2D eigenvalue weighted by molar-refractivity contribution is 5.72. The van der Waals surface area contributed by atoms with E-state index in [1.807, 2.05) is 94.1 Å². The molecule has 0 saturated heterocycles.